The lowest BCUT2D eigenvalue weighted by molar-refractivity contribution is -0.118. The minimum absolute atomic E-state index is 0.196. The number of carbonyl (C=O) groups is 1. The Morgan fingerprint density at radius 2 is 2.00 bits per heavy atom. The first-order chi connectivity index (χ1) is 6.61. The van der Waals surface area contributed by atoms with Crippen molar-refractivity contribution in [2.75, 3.05) is 5.73 Å². The minimum Gasteiger partial charge on any atom is -0.398 e. The van der Waals surface area contributed by atoms with Crippen LogP contribution in [0.1, 0.15) is 19.4 Å². The molecule has 0 aromatic heterocycles. The number of hydrogen-bond acceptors (Lipinski definition) is 3. The normalized spacial score (nSPS) is 11.1. The van der Waals surface area contributed by atoms with Gasteiger partial charge in [-0.05, 0) is 13.0 Å². The summed E-state index contributed by atoms with van der Waals surface area (Å²) >= 11 is 0. The molecule has 0 aliphatic rings. The van der Waals surface area contributed by atoms with Gasteiger partial charge in [0.1, 0.15) is 0 Å². The zero-order valence-corrected chi connectivity index (χ0v) is 8.24. The van der Waals surface area contributed by atoms with E-state index in [1.807, 2.05) is 18.2 Å². The van der Waals surface area contributed by atoms with Crippen LogP contribution in [0.15, 0.2) is 29.4 Å². The Morgan fingerprint density at radius 1 is 1.36 bits per heavy atom. The molecule has 0 bridgehead atoms. The van der Waals surface area contributed by atoms with Crippen molar-refractivity contribution in [1.82, 2.24) is 5.43 Å². The molecular formula is C10H13N3O. The van der Waals surface area contributed by atoms with Crippen molar-refractivity contribution < 1.29 is 4.79 Å². The zero-order valence-electron chi connectivity index (χ0n) is 8.24. The molecule has 1 rings (SSSR count). The predicted octanol–water partition coefficient (Wildman–Crippen LogP) is 1.13. The summed E-state index contributed by atoms with van der Waals surface area (Å²) in [4.78, 5) is 10.6. The number of hydrazone groups is 1. The largest absolute Gasteiger partial charge is 0.398 e. The van der Waals surface area contributed by atoms with E-state index in [2.05, 4.69) is 10.5 Å². The number of hydrogen-bond donors (Lipinski definition) is 2. The second-order valence-corrected chi connectivity index (χ2v) is 2.95. The molecular weight excluding hydrogens is 178 g/mol. The minimum atomic E-state index is -0.196. The molecule has 0 saturated carbocycles. The van der Waals surface area contributed by atoms with Crippen LogP contribution in [0.3, 0.4) is 0 Å². The fourth-order valence-corrected chi connectivity index (χ4v) is 1.05. The Hall–Kier alpha value is -1.84. The van der Waals surface area contributed by atoms with Gasteiger partial charge in [0.2, 0.25) is 5.91 Å². The molecule has 0 unspecified atom stereocenters. The third-order valence-electron chi connectivity index (χ3n) is 1.73. The van der Waals surface area contributed by atoms with Gasteiger partial charge in [0.05, 0.1) is 5.71 Å². The molecule has 0 atom stereocenters. The summed E-state index contributed by atoms with van der Waals surface area (Å²) in [6.07, 6.45) is 0. The number of nitrogens with zero attached hydrogens (tertiary/aromatic N) is 1. The van der Waals surface area contributed by atoms with Gasteiger partial charge in [-0.1, -0.05) is 18.2 Å². The van der Waals surface area contributed by atoms with Gasteiger partial charge in [-0.3, -0.25) is 4.79 Å². The Labute approximate surface area is 82.8 Å². The van der Waals surface area contributed by atoms with Crippen molar-refractivity contribution in [1.29, 1.82) is 0 Å². The molecule has 0 saturated heterocycles. The molecule has 14 heavy (non-hydrogen) atoms. The topological polar surface area (TPSA) is 67.5 Å². The maximum Gasteiger partial charge on any atom is 0.236 e. The number of benzene rings is 1. The van der Waals surface area contributed by atoms with Crippen LogP contribution in [0, 0.1) is 0 Å². The molecule has 3 N–H and O–H groups in total. The van der Waals surface area contributed by atoms with Gasteiger partial charge in [-0.2, -0.15) is 5.10 Å². The number of rotatable bonds is 2. The highest BCUT2D eigenvalue weighted by Crippen LogP contribution is 2.10. The molecule has 1 aromatic rings. The van der Waals surface area contributed by atoms with Crippen LogP contribution in [-0.4, -0.2) is 11.6 Å². The molecule has 0 heterocycles. The standard InChI is InChI=1S/C10H13N3O/c1-7(12-13-8(2)14)9-5-3-4-6-10(9)11/h3-6H,11H2,1-2H3,(H,13,14)/b12-7+. The Morgan fingerprint density at radius 3 is 2.57 bits per heavy atom. The second-order valence-electron chi connectivity index (χ2n) is 2.95. The van der Waals surface area contributed by atoms with Crippen molar-refractivity contribution in [2.45, 2.75) is 13.8 Å². The van der Waals surface area contributed by atoms with E-state index in [0.29, 0.717) is 11.4 Å². The number of anilines is 1. The van der Waals surface area contributed by atoms with Crippen molar-refractivity contribution >= 4 is 17.3 Å². The van der Waals surface area contributed by atoms with Crippen molar-refractivity contribution in [3.8, 4) is 0 Å². The van der Waals surface area contributed by atoms with E-state index in [4.69, 9.17) is 5.73 Å². The SMILES string of the molecule is CC(=O)N/N=C(\C)c1ccccc1N. The van der Waals surface area contributed by atoms with E-state index < -0.39 is 0 Å². The Kier molecular flexibility index (Phi) is 3.23. The number of carbonyl (C=O) groups excluding carboxylic acids is 1. The number of amides is 1. The summed E-state index contributed by atoms with van der Waals surface area (Å²) < 4.78 is 0. The van der Waals surface area contributed by atoms with E-state index in [-0.39, 0.29) is 5.91 Å². The van der Waals surface area contributed by atoms with Gasteiger partial charge in [-0.25, -0.2) is 5.43 Å². The van der Waals surface area contributed by atoms with Crippen LogP contribution >= 0.6 is 0 Å². The molecule has 4 nitrogen and oxygen atoms in total. The first kappa shape index (κ1) is 10.2. The van der Waals surface area contributed by atoms with Crippen molar-refractivity contribution in [2.24, 2.45) is 5.10 Å². The van der Waals surface area contributed by atoms with Crippen molar-refractivity contribution in [3.63, 3.8) is 0 Å². The lowest BCUT2D eigenvalue weighted by atomic mass is 10.1. The predicted molar refractivity (Wildman–Crippen MR) is 56.9 cm³/mol. The van der Waals surface area contributed by atoms with Gasteiger partial charge < -0.3 is 5.73 Å². The first-order valence-electron chi connectivity index (χ1n) is 4.27. The average molecular weight is 191 g/mol. The molecule has 1 aromatic carbocycles. The van der Waals surface area contributed by atoms with Gasteiger partial charge in [0.25, 0.3) is 0 Å². The van der Waals surface area contributed by atoms with E-state index in [1.54, 1.807) is 13.0 Å². The summed E-state index contributed by atoms with van der Waals surface area (Å²) in [5.41, 5.74) is 10.3. The zero-order chi connectivity index (χ0) is 10.6. The second kappa shape index (κ2) is 4.41. The summed E-state index contributed by atoms with van der Waals surface area (Å²) in [6, 6.07) is 7.38. The van der Waals surface area contributed by atoms with Gasteiger partial charge >= 0.3 is 0 Å². The number of nitrogen functional groups attached to an aromatic ring is 1. The smallest absolute Gasteiger partial charge is 0.236 e. The number of para-hydroxylation sites is 1. The summed E-state index contributed by atoms with van der Waals surface area (Å²) in [5, 5.41) is 3.89. The molecule has 0 radical (unpaired) electrons. The first-order valence-corrected chi connectivity index (χ1v) is 4.27. The lowest BCUT2D eigenvalue weighted by Gasteiger charge is -2.03. The van der Waals surface area contributed by atoms with Crippen LogP contribution < -0.4 is 11.2 Å². The molecule has 0 spiro atoms. The molecule has 0 fully saturated rings. The summed E-state index contributed by atoms with van der Waals surface area (Å²) in [6.45, 7) is 3.20. The third-order valence-corrected chi connectivity index (χ3v) is 1.73. The van der Waals surface area contributed by atoms with Gasteiger partial charge in [0, 0.05) is 18.2 Å². The monoisotopic (exact) mass is 191 g/mol. The van der Waals surface area contributed by atoms with Crippen molar-refractivity contribution in [3.05, 3.63) is 29.8 Å². The van der Waals surface area contributed by atoms with Crippen LogP contribution in [0.2, 0.25) is 0 Å². The highest BCUT2D eigenvalue weighted by Gasteiger charge is 2.01. The van der Waals surface area contributed by atoms with E-state index in [1.165, 1.54) is 6.92 Å². The number of nitrogens with one attached hydrogen (secondary N) is 1. The third kappa shape index (κ3) is 2.58. The number of nitrogens with two attached hydrogens (primary N) is 1. The average Bonchev–Trinajstić information content (AvgIpc) is 2.15. The molecule has 4 heteroatoms. The molecule has 74 valence electrons. The fourth-order valence-electron chi connectivity index (χ4n) is 1.05. The molecule has 0 aliphatic carbocycles. The Bertz CT molecular complexity index is 371. The summed E-state index contributed by atoms with van der Waals surface area (Å²) in [5.74, 6) is -0.196. The highest BCUT2D eigenvalue weighted by molar-refractivity contribution is 6.03. The quantitative estimate of drug-likeness (QED) is 0.418. The fraction of sp³-hybridized carbons (Fsp3) is 0.200. The molecule has 0 aliphatic heterocycles. The molecule has 1 amide bonds. The highest BCUT2D eigenvalue weighted by atomic mass is 16.2. The van der Waals surface area contributed by atoms with Crippen LogP contribution in [0.4, 0.5) is 5.69 Å². The summed E-state index contributed by atoms with van der Waals surface area (Å²) in [7, 11) is 0. The van der Waals surface area contributed by atoms with E-state index in [9.17, 15) is 4.79 Å². The maximum atomic E-state index is 10.6. The van der Waals surface area contributed by atoms with Crippen LogP contribution in [0.25, 0.3) is 0 Å². The maximum absolute atomic E-state index is 10.6. The van der Waals surface area contributed by atoms with Gasteiger partial charge in [0.15, 0.2) is 0 Å². The van der Waals surface area contributed by atoms with Crippen LogP contribution in [-0.2, 0) is 4.79 Å². The van der Waals surface area contributed by atoms with Gasteiger partial charge in [-0.15, -0.1) is 0 Å². The van der Waals surface area contributed by atoms with E-state index in [0.717, 1.165) is 5.56 Å². The van der Waals surface area contributed by atoms with Crippen LogP contribution in [0.5, 0.6) is 0 Å². The Balaban J connectivity index is 2.89. The lowest BCUT2D eigenvalue weighted by Crippen LogP contribution is -2.15. The van der Waals surface area contributed by atoms with E-state index >= 15 is 0 Å².